The van der Waals surface area contributed by atoms with Gasteiger partial charge in [0.2, 0.25) is 5.91 Å². The molecule has 196 valence electrons. The van der Waals surface area contributed by atoms with Gasteiger partial charge in [-0.25, -0.2) is 4.39 Å². The number of aromatic nitrogens is 4. The SMILES string of the molecule is CC(=O)N1CCc2c(c(Nc3ccc(-c4cnn(C)c4)cc3F)nn2C2CCN(CC3CNC3)CC2)C1. The third-order valence-corrected chi connectivity index (χ3v) is 8.08. The number of hydrogen-bond acceptors (Lipinski definition) is 6. The van der Waals surface area contributed by atoms with Crippen molar-refractivity contribution in [3.8, 4) is 11.1 Å². The Morgan fingerprint density at radius 1 is 1.19 bits per heavy atom. The Morgan fingerprint density at radius 3 is 2.65 bits per heavy atom. The fourth-order valence-corrected chi connectivity index (χ4v) is 5.80. The molecule has 37 heavy (non-hydrogen) atoms. The van der Waals surface area contributed by atoms with E-state index in [0.717, 1.165) is 68.0 Å². The Kier molecular flexibility index (Phi) is 6.46. The number of benzene rings is 1. The number of carbonyl (C=O) groups excluding carboxylic acids is 1. The smallest absolute Gasteiger partial charge is 0.219 e. The molecule has 1 amide bonds. The highest BCUT2D eigenvalue weighted by Gasteiger charge is 2.31. The lowest BCUT2D eigenvalue weighted by Crippen LogP contribution is -2.49. The van der Waals surface area contributed by atoms with Gasteiger partial charge in [0, 0.05) is 82.7 Å². The van der Waals surface area contributed by atoms with Crippen LogP contribution in [0.3, 0.4) is 0 Å². The van der Waals surface area contributed by atoms with Crippen molar-refractivity contribution in [2.24, 2.45) is 13.0 Å². The van der Waals surface area contributed by atoms with E-state index in [1.165, 1.54) is 18.3 Å². The summed E-state index contributed by atoms with van der Waals surface area (Å²) in [7, 11) is 1.84. The first-order chi connectivity index (χ1) is 17.9. The zero-order valence-electron chi connectivity index (χ0n) is 21.6. The van der Waals surface area contributed by atoms with E-state index in [4.69, 9.17) is 5.10 Å². The van der Waals surface area contributed by atoms with E-state index in [2.05, 4.69) is 25.3 Å². The molecule has 9 nitrogen and oxygen atoms in total. The van der Waals surface area contributed by atoms with Crippen LogP contribution in [-0.4, -0.2) is 74.5 Å². The molecular weight excluding hydrogens is 471 g/mol. The molecule has 3 aliphatic rings. The highest BCUT2D eigenvalue weighted by atomic mass is 19.1. The molecule has 2 fully saturated rings. The van der Waals surface area contributed by atoms with Crippen molar-refractivity contribution >= 4 is 17.4 Å². The maximum Gasteiger partial charge on any atom is 0.219 e. The molecular formula is C27H35FN8O. The van der Waals surface area contributed by atoms with E-state index in [1.807, 2.05) is 24.2 Å². The molecule has 2 saturated heterocycles. The Bertz CT molecular complexity index is 1290. The minimum Gasteiger partial charge on any atom is -0.338 e. The van der Waals surface area contributed by atoms with Crippen molar-refractivity contribution < 1.29 is 9.18 Å². The highest BCUT2D eigenvalue weighted by molar-refractivity contribution is 5.74. The second-order valence-corrected chi connectivity index (χ2v) is 10.7. The molecule has 5 heterocycles. The van der Waals surface area contributed by atoms with Crippen molar-refractivity contribution in [1.29, 1.82) is 0 Å². The number of nitrogens with zero attached hydrogens (tertiary/aromatic N) is 6. The number of anilines is 2. The number of likely N-dealkylation sites (tertiary alicyclic amines) is 1. The summed E-state index contributed by atoms with van der Waals surface area (Å²) in [5.74, 6) is 1.14. The Morgan fingerprint density at radius 2 is 2.00 bits per heavy atom. The molecule has 10 heteroatoms. The average molecular weight is 507 g/mol. The Balaban J connectivity index is 1.24. The van der Waals surface area contributed by atoms with Crippen molar-refractivity contribution in [2.75, 3.05) is 44.6 Å². The predicted molar refractivity (Wildman–Crippen MR) is 140 cm³/mol. The summed E-state index contributed by atoms with van der Waals surface area (Å²) in [5.41, 5.74) is 4.20. The number of carbonyl (C=O) groups is 1. The normalized spacial score (nSPS) is 19.1. The van der Waals surface area contributed by atoms with E-state index in [-0.39, 0.29) is 11.7 Å². The van der Waals surface area contributed by atoms with Gasteiger partial charge >= 0.3 is 0 Å². The summed E-state index contributed by atoms with van der Waals surface area (Å²) in [6, 6.07) is 5.49. The van der Waals surface area contributed by atoms with Crippen LogP contribution in [0.2, 0.25) is 0 Å². The predicted octanol–water partition coefficient (Wildman–Crippen LogP) is 2.93. The van der Waals surface area contributed by atoms with Gasteiger partial charge in [0.05, 0.1) is 24.5 Å². The fraction of sp³-hybridized carbons (Fsp3) is 0.519. The summed E-state index contributed by atoms with van der Waals surface area (Å²) in [4.78, 5) is 16.6. The molecule has 0 bridgehead atoms. The lowest BCUT2D eigenvalue weighted by molar-refractivity contribution is -0.129. The third kappa shape index (κ3) is 4.87. The van der Waals surface area contributed by atoms with E-state index in [0.29, 0.717) is 30.6 Å². The van der Waals surface area contributed by atoms with Gasteiger partial charge in [-0.05, 0) is 36.5 Å². The van der Waals surface area contributed by atoms with Crippen LogP contribution in [0.15, 0.2) is 30.6 Å². The second kappa shape index (κ2) is 9.90. The first-order valence-electron chi connectivity index (χ1n) is 13.3. The number of piperidine rings is 1. The molecule has 3 aromatic rings. The summed E-state index contributed by atoms with van der Waals surface area (Å²) in [5, 5.41) is 15.8. The van der Waals surface area contributed by atoms with E-state index >= 15 is 4.39 Å². The maximum atomic E-state index is 15.2. The van der Waals surface area contributed by atoms with Crippen LogP contribution in [0.4, 0.5) is 15.9 Å². The number of halogens is 1. The van der Waals surface area contributed by atoms with Crippen molar-refractivity contribution in [3.63, 3.8) is 0 Å². The van der Waals surface area contributed by atoms with Crippen LogP contribution in [0.5, 0.6) is 0 Å². The number of aryl methyl sites for hydroxylation is 1. The van der Waals surface area contributed by atoms with Crippen LogP contribution in [0, 0.1) is 11.7 Å². The number of nitrogens with one attached hydrogen (secondary N) is 2. The maximum absolute atomic E-state index is 15.2. The van der Waals surface area contributed by atoms with Crippen LogP contribution in [0.1, 0.15) is 37.1 Å². The Hall–Kier alpha value is -3.24. The van der Waals surface area contributed by atoms with E-state index in [1.54, 1.807) is 23.9 Å². The fourth-order valence-electron chi connectivity index (χ4n) is 5.80. The van der Waals surface area contributed by atoms with E-state index < -0.39 is 0 Å². The summed E-state index contributed by atoms with van der Waals surface area (Å²) in [6.07, 6.45) is 6.46. The quantitative estimate of drug-likeness (QED) is 0.535. The molecule has 0 aliphatic carbocycles. The van der Waals surface area contributed by atoms with Gasteiger partial charge in [-0.1, -0.05) is 6.07 Å². The number of hydrogen-bond donors (Lipinski definition) is 2. The molecule has 2 aromatic heterocycles. The van der Waals surface area contributed by atoms with Crippen molar-refractivity contribution in [3.05, 3.63) is 47.7 Å². The minimum atomic E-state index is -0.345. The summed E-state index contributed by atoms with van der Waals surface area (Å²) in [6.45, 7) is 8.37. The number of amides is 1. The minimum absolute atomic E-state index is 0.0511. The van der Waals surface area contributed by atoms with Crippen molar-refractivity contribution in [1.82, 2.24) is 34.7 Å². The third-order valence-electron chi connectivity index (χ3n) is 8.08. The number of fused-ring (bicyclic) bond motifs is 1. The van der Waals surface area contributed by atoms with Gasteiger partial charge in [0.1, 0.15) is 5.82 Å². The molecule has 3 aliphatic heterocycles. The van der Waals surface area contributed by atoms with Crippen LogP contribution < -0.4 is 10.6 Å². The van der Waals surface area contributed by atoms with Gasteiger partial charge < -0.3 is 20.4 Å². The standard InChI is InChI=1S/C27H35FN8O/c1-18(37)35-10-7-26-23(17-35)27(31-25-4-3-20(11-24(25)28)21-14-30-33(2)16-21)32-36(26)22-5-8-34(9-6-22)15-19-12-29-13-19/h3-4,11,14,16,19,22,29H,5-10,12-13,15,17H2,1-2H3,(H,31,32). The van der Waals surface area contributed by atoms with Crippen LogP contribution in [-0.2, 0) is 24.8 Å². The first-order valence-corrected chi connectivity index (χ1v) is 13.3. The van der Waals surface area contributed by atoms with Gasteiger partial charge in [0.25, 0.3) is 0 Å². The Labute approximate surface area is 216 Å². The zero-order valence-corrected chi connectivity index (χ0v) is 21.6. The van der Waals surface area contributed by atoms with Gasteiger partial charge in [-0.2, -0.15) is 10.2 Å². The second-order valence-electron chi connectivity index (χ2n) is 10.7. The largest absolute Gasteiger partial charge is 0.338 e. The lowest BCUT2D eigenvalue weighted by atomic mass is 9.99. The van der Waals surface area contributed by atoms with Gasteiger partial charge in [0.15, 0.2) is 5.82 Å². The average Bonchev–Trinajstić information content (AvgIpc) is 3.46. The van der Waals surface area contributed by atoms with Crippen molar-refractivity contribution in [2.45, 2.75) is 38.8 Å². The molecule has 0 spiro atoms. The zero-order chi connectivity index (χ0) is 25.5. The topological polar surface area (TPSA) is 83.2 Å². The molecule has 2 N–H and O–H groups in total. The summed E-state index contributed by atoms with van der Waals surface area (Å²) < 4.78 is 19.1. The number of rotatable bonds is 6. The molecule has 6 rings (SSSR count). The molecule has 0 unspecified atom stereocenters. The molecule has 0 radical (unpaired) electrons. The van der Waals surface area contributed by atoms with E-state index in [9.17, 15) is 4.79 Å². The lowest BCUT2D eigenvalue weighted by Gasteiger charge is -2.38. The first kappa shape index (κ1) is 24.1. The summed E-state index contributed by atoms with van der Waals surface area (Å²) >= 11 is 0. The van der Waals surface area contributed by atoms with Crippen LogP contribution in [0.25, 0.3) is 11.1 Å². The molecule has 0 saturated carbocycles. The molecule has 0 atom stereocenters. The van der Waals surface area contributed by atoms with Crippen LogP contribution >= 0.6 is 0 Å². The molecule has 1 aromatic carbocycles. The highest BCUT2D eigenvalue weighted by Crippen LogP contribution is 2.35. The van der Waals surface area contributed by atoms with Gasteiger partial charge in [-0.15, -0.1) is 0 Å². The monoisotopic (exact) mass is 506 g/mol. The van der Waals surface area contributed by atoms with Gasteiger partial charge in [-0.3, -0.25) is 14.2 Å².